The second-order valence-corrected chi connectivity index (χ2v) is 8.66. The van der Waals surface area contributed by atoms with E-state index in [-0.39, 0.29) is 0 Å². The van der Waals surface area contributed by atoms with Crippen LogP contribution >= 0.6 is 0 Å². The van der Waals surface area contributed by atoms with Gasteiger partial charge in [-0.05, 0) is 44.1 Å². The molecular formula is C12H20O2Si. The van der Waals surface area contributed by atoms with Gasteiger partial charge in [-0.25, -0.2) is 0 Å². The average molecular weight is 224 g/mol. The highest BCUT2D eigenvalue weighted by Crippen LogP contribution is 2.52. The predicted octanol–water partition coefficient (Wildman–Crippen LogP) is 2.85. The monoisotopic (exact) mass is 224 g/mol. The average Bonchev–Trinajstić information content (AvgIpc) is 2.79. The van der Waals surface area contributed by atoms with Gasteiger partial charge in [-0.2, -0.15) is 0 Å². The zero-order valence-corrected chi connectivity index (χ0v) is 10.4. The molecule has 1 saturated carbocycles. The van der Waals surface area contributed by atoms with Gasteiger partial charge in [0.05, 0.1) is 0 Å². The van der Waals surface area contributed by atoms with Crippen LogP contribution in [0.3, 0.4) is 0 Å². The van der Waals surface area contributed by atoms with Crippen molar-refractivity contribution in [3.8, 4) is 0 Å². The SMILES string of the molecule is C[Si]1(C2CC3C=CC2C3)OCCCCO1. The number of fused-ring (bicyclic) bond motifs is 2. The third-order valence-electron chi connectivity index (χ3n) is 4.27. The minimum Gasteiger partial charge on any atom is -0.394 e. The third-order valence-corrected chi connectivity index (χ3v) is 7.83. The minimum atomic E-state index is -1.86. The first-order valence-corrected chi connectivity index (χ1v) is 8.63. The lowest BCUT2D eigenvalue weighted by Crippen LogP contribution is -2.44. The minimum absolute atomic E-state index is 0.727. The molecule has 0 N–H and O–H groups in total. The van der Waals surface area contributed by atoms with Crippen LogP contribution in [0.5, 0.6) is 0 Å². The molecule has 0 radical (unpaired) electrons. The molecule has 0 aromatic heterocycles. The molecule has 3 atom stereocenters. The molecule has 3 aliphatic rings. The van der Waals surface area contributed by atoms with Crippen LogP contribution in [0, 0.1) is 11.8 Å². The standard InChI is InChI=1S/C12H20O2Si/c1-15(13-6-2-3-7-14-15)12-9-10-4-5-11(12)8-10/h4-5,10-12H,2-3,6-9H2,1H3. The molecule has 84 valence electrons. The van der Waals surface area contributed by atoms with E-state index in [1.165, 1.54) is 25.7 Å². The number of hydrogen-bond donors (Lipinski definition) is 0. The van der Waals surface area contributed by atoms with E-state index in [1.807, 2.05) is 0 Å². The molecule has 15 heavy (non-hydrogen) atoms. The van der Waals surface area contributed by atoms with Crippen LogP contribution in [-0.4, -0.2) is 21.8 Å². The Morgan fingerprint density at radius 3 is 2.33 bits per heavy atom. The summed E-state index contributed by atoms with van der Waals surface area (Å²) in [5, 5.41) is 0. The first kappa shape index (κ1) is 10.1. The Morgan fingerprint density at radius 2 is 1.80 bits per heavy atom. The topological polar surface area (TPSA) is 18.5 Å². The van der Waals surface area contributed by atoms with E-state index in [1.54, 1.807) is 0 Å². The molecule has 2 bridgehead atoms. The Hall–Kier alpha value is -0.123. The second kappa shape index (κ2) is 3.72. The summed E-state index contributed by atoms with van der Waals surface area (Å²) >= 11 is 0. The lowest BCUT2D eigenvalue weighted by Gasteiger charge is -2.34. The van der Waals surface area contributed by atoms with Crippen LogP contribution in [0.4, 0.5) is 0 Å². The fourth-order valence-corrected chi connectivity index (χ4v) is 6.76. The normalized spacial score (nSPS) is 43.1. The van der Waals surface area contributed by atoms with E-state index >= 15 is 0 Å². The number of allylic oxidation sites excluding steroid dienone is 2. The van der Waals surface area contributed by atoms with Crippen molar-refractivity contribution >= 4 is 8.56 Å². The van der Waals surface area contributed by atoms with Gasteiger partial charge in [0.1, 0.15) is 0 Å². The molecule has 3 unspecified atom stereocenters. The summed E-state index contributed by atoms with van der Waals surface area (Å²) < 4.78 is 12.2. The van der Waals surface area contributed by atoms with Crippen molar-refractivity contribution in [3.63, 3.8) is 0 Å². The Bertz CT molecular complexity index is 269. The smallest absolute Gasteiger partial charge is 0.338 e. The van der Waals surface area contributed by atoms with E-state index in [9.17, 15) is 0 Å². The Morgan fingerprint density at radius 1 is 1.07 bits per heavy atom. The van der Waals surface area contributed by atoms with Crippen molar-refractivity contribution in [2.75, 3.05) is 13.2 Å². The van der Waals surface area contributed by atoms with Gasteiger partial charge in [-0.15, -0.1) is 0 Å². The highest BCUT2D eigenvalue weighted by atomic mass is 28.4. The number of hydrogen-bond acceptors (Lipinski definition) is 2. The quantitative estimate of drug-likeness (QED) is 0.504. The zero-order valence-electron chi connectivity index (χ0n) is 9.45. The molecular weight excluding hydrogens is 204 g/mol. The van der Waals surface area contributed by atoms with E-state index in [4.69, 9.17) is 8.85 Å². The molecule has 0 aromatic carbocycles. The zero-order chi connectivity index (χ0) is 10.3. The summed E-state index contributed by atoms with van der Waals surface area (Å²) in [5.74, 6) is 1.60. The predicted molar refractivity (Wildman–Crippen MR) is 61.9 cm³/mol. The lowest BCUT2D eigenvalue weighted by molar-refractivity contribution is 0.192. The van der Waals surface area contributed by atoms with Crippen LogP contribution < -0.4 is 0 Å². The summed E-state index contributed by atoms with van der Waals surface area (Å²) in [7, 11) is -1.86. The van der Waals surface area contributed by atoms with Crippen molar-refractivity contribution in [3.05, 3.63) is 12.2 Å². The van der Waals surface area contributed by atoms with Crippen molar-refractivity contribution in [1.29, 1.82) is 0 Å². The molecule has 1 heterocycles. The van der Waals surface area contributed by atoms with Crippen molar-refractivity contribution in [1.82, 2.24) is 0 Å². The van der Waals surface area contributed by atoms with Crippen molar-refractivity contribution in [2.45, 2.75) is 37.8 Å². The molecule has 0 aromatic rings. The van der Waals surface area contributed by atoms with Gasteiger partial charge in [0.25, 0.3) is 0 Å². The maximum Gasteiger partial charge on any atom is 0.338 e. The largest absolute Gasteiger partial charge is 0.394 e. The Labute approximate surface area is 92.9 Å². The van der Waals surface area contributed by atoms with Crippen LogP contribution in [0.25, 0.3) is 0 Å². The van der Waals surface area contributed by atoms with Gasteiger partial charge in [-0.1, -0.05) is 12.2 Å². The summed E-state index contributed by atoms with van der Waals surface area (Å²) in [5.41, 5.74) is 0.727. The molecule has 3 rings (SSSR count). The van der Waals surface area contributed by atoms with Gasteiger partial charge in [-0.3, -0.25) is 0 Å². The van der Waals surface area contributed by atoms with Gasteiger partial charge in [0.2, 0.25) is 0 Å². The molecule has 3 heteroatoms. The summed E-state index contributed by atoms with van der Waals surface area (Å²) in [6, 6.07) is 0. The van der Waals surface area contributed by atoms with Gasteiger partial charge >= 0.3 is 8.56 Å². The summed E-state index contributed by atoms with van der Waals surface area (Å²) in [4.78, 5) is 0. The molecule has 1 aliphatic heterocycles. The molecule has 2 nitrogen and oxygen atoms in total. The summed E-state index contributed by atoms with van der Waals surface area (Å²) in [6.07, 6.45) is 9.85. The Kier molecular flexibility index (Phi) is 2.49. The van der Waals surface area contributed by atoms with Crippen LogP contribution in [0.1, 0.15) is 25.7 Å². The molecule has 0 amide bonds. The Balaban J connectivity index is 1.77. The molecule has 2 aliphatic carbocycles. The van der Waals surface area contributed by atoms with E-state index < -0.39 is 8.56 Å². The van der Waals surface area contributed by atoms with E-state index in [0.717, 1.165) is 30.6 Å². The first-order chi connectivity index (χ1) is 7.28. The molecule has 1 saturated heterocycles. The summed E-state index contributed by atoms with van der Waals surface area (Å²) in [6.45, 7) is 4.15. The highest BCUT2D eigenvalue weighted by Gasteiger charge is 2.51. The fourth-order valence-electron chi connectivity index (χ4n) is 3.39. The lowest BCUT2D eigenvalue weighted by atomic mass is 10.1. The van der Waals surface area contributed by atoms with Gasteiger partial charge in [0, 0.05) is 18.8 Å². The van der Waals surface area contributed by atoms with Crippen molar-refractivity contribution < 1.29 is 8.85 Å². The van der Waals surface area contributed by atoms with Gasteiger partial charge < -0.3 is 8.85 Å². The first-order valence-electron chi connectivity index (χ1n) is 6.24. The van der Waals surface area contributed by atoms with Gasteiger partial charge in [0.15, 0.2) is 0 Å². The van der Waals surface area contributed by atoms with Crippen LogP contribution in [0.15, 0.2) is 12.2 Å². The van der Waals surface area contributed by atoms with Crippen molar-refractivity contribution in [2.24, 2.45) is 11.8 Å². The maximum atomic E-state index is 6.11. The van der Waals surface area contributed by atoms with Crippen LogP contribution in [-0.2, 0) is 8.85 Å². The third kappa shape index (κ3) is 1.71. The fraction of sp³-hybridized carbons (Fsp3) is 0.833. The van der Waals surface area contributed by atoms with Crippen LogP contribution in [0.2, 0.25) is 12.1 Å². The number of rotatable bonds is 1. The highest BCUT2D eigenvalue weighted by molar-refractivity contribution is 6.67. The molecule has 0 spiro atoms. The maximum absolute atomic E-state index is 6.11. The molecule has 2 fully saturated rings. The van der Waals surface area contributed by atoms with E-state index in [0.29, 0.717) is 0 Å². The second-order valence-electron chi connectivity index (χ2n) is 5.31. The van der Waals surface area contributed by atoms with E-state index in [2.05, 4.69) is 18.7 Å².